The van der Waals surface area contributed by atoms with Gasteiger partial charge >= 0.3 is 0 Å². The maximum absolute atomic E-state index is 14.2. The van der Waals surface area contributed by atoms with Gasteiger partial charge in [0.15, 0.2) is 0 Å². The van der Waals surface area contributed by atoms with Gasteiger partial charge in [-0.25, -0.2) is 4.39 Å². The maximum atomic E-state index is 14.2. The van der Waals surface area contributed by atoms with E-state index in [1.165, 1.54) is 11.0 Å². The van der Waals surface area contributed by atoms with Crippen LogP contribution in [0.5, 0.6) is 0 Å². The molecule has 25 heavy (non-hydrogen) atoms. The van der Waals surface area contributed by atoms with Crippen LogP contribution in [-0.4, -0.2) is 29.9 Å². The number of rotatable bonds is 5. The molecule has 0 aromatic heterocycles. The molecular formula is C19H18ClFN2O2. The minimum Gasteiger partial charge on any atom is -0.324 e. The van der Waals surface area contributed by atoms with Crippen LogP contribution in [0.25, 0.3) is 0 Å². The molecule has 1 fully saturated rings. The monoisotopic (exact) mass is 360 g/mol. The first-order chi connectivity index (χ1) is 12.0. The van der Waals surface area contributed by atoms with Gasteiger partial charge in [0.1, 0.15) is 12.5 Å². The van der Waals surface area contributed by atoms with Crippen molar-refractivity contribution in [2.75, 3.05) is 18.1 Å². The summed E-state index contributed by atoms with van der Waals surface area (Å²) in [6.45, 7) is 0.643. The number of halogens is 2. The molecule has 0 spiro atoms. The molecule has 0 N–H and O–H groups in total. The van der Waals surface area contributed by atoms with Gasteiger partial charge in [0.2, 0.25) is 11.8 Å². The van der Waals surface area contributed by atoms with Crippen LogP contribution in [0.15, 0.2) is 48.5 Å². The Labute approximate surface area is 150 Å². The highest BCUT2D eigenvalue weighted by Crippen LogP contribution is 2.22. The standard InChI is InChI=1S/C19H18ClFN2O2/c20-15-9-7-14(8-10-15)12-19(25)23(13-22-11-3-6-18(22)24)17-5-2-1-4-16(17)21/h1-2,4-5,7-10H,3,6,11-13H2. The highest BCUT2D eigenvalue weighted by atomic mass is 35.5. The molecule has 3 rings (SSSR count). The van der Waals surface area contributed by atoms with Crippen molar-refractivity contribution in [2.45, 2.75) is 19.3 Å². The lowest BCUT2D eigenvalue weighted by Gasteiger charge is -2.28. The van der Waals surface area contributed by atoms with Crippen LogP contribution in [0.3, 0.4) is 0 Å². The number of carbonyl (C=O) groups is 2. The van der Waals surface area contributed by atoms with Crippen molar-refractivity contribution in [1.29, 1.82) is 0 Å². The molecular weight excluding hydrogens is 343 g/mol. The van der Waals surface area contributed by atoms with Crippen LogP contribution in [-0.2, 0) is 16.0 Å². The lowest BCUT2D eigenvalue weighted by atomic mass is 10.1. The van der Waals surface area contributed by atoms with Crippen LogP contribution < -0.4 is 4.90 Å². The predicted molar refractivity (Wildman–Crippen MR) is 94.9 cm³/mol. The second-order valence-electron chi connectivity index (χ2n) is 5.98. The smallest absolute Gasteiger partial charge is 0.232 e. The summed E-state index contributed by atoms with van der Waals surface area (Å²) in [7, 11) is 0. The molecule has 0 radical (unpaired) electrons. The highest BCUT2D eigenvalue weighted by Gasteiger charge is 2.27. The average Bonchev–Trinajstić information content (AvgIpc) is 3.00. The van der Waals surface area contributed by atoms with Crippen LogP contribution in [0.1, 0.15) is 18.4 Å². The Bertz CT molecular complexity index is 779. The Morgan fingerprint density at radius 1 is 1.16 bits per heavy atom. The van der Waals surface area contributed by atoms with Gasteiger partial charge in [-0.15, -0.1) is 0 Å². The summed E-state index contributed by atoms with van der Waals surface area (Å²) in [5, 5.41) is 0.588. The van der Waals surface area contributed by atoms with Crippen molar-refractivity contribution in [1.82, 2.24) is 4.90 Å². The number of amides is 2. The third-order valence-electron chi connectivity index (χ3n) is 4.20. The number of para-hydroxylation sites is 1. The Balaban J connectivity index is 1.84. The van der Waals surface area contributed by atoms with Crippen molar-refractivity contribution in [2.24, 2.45) is 0 Å². The molecule has 0 bridgehead atoms. The third-order valence-corrected chi connectivity index (χ3v) is 4.45. The summed E-state index contributed by atoms with van der Waals surface area (Å²) in [4.78, 5) is 27.7. The quantitative estimate of drug-likeness (QED) is 0.816. The van der Waals surface area contributed by atoms with E-state index >= 15 is 0 Å². The molecule has 0 aliphatic carbocycles. The summed E-state index contributed by atoms with van der Waals surface area (Å²) >= 11 is 5.87. The fourth-order valence-electron chi connectivity index (χ4n) is 2.86. The number of hydrogen-bond donors (Lipinski definition) is 0. The lowest BCUT2D eigenvalue weighted by molar-refractivity contribution is -0.128. The van der Waals surface area contributed by atoms with Gasteiger partial charge in [-0.05, 0) is 36.2 Å². The van der Waals surface area contributed by atoms with E-state index in [9.17, 15) is 14.0 Å². The van der Waals surface area contributed by atoms with Gasteiger partial charge in [-0.2, -0.15) is 0 Å². The predicted octanol–water partition coefficient (Wildman–Crippen LogP) is 3.63. The van der Waals surface area contributed by atoms with Gasteiger partial charge in [0.25, 0.3) is 0 Å². The van der Waals surface area contributed by atoms with E-state index < -0.39 is 5.82 Å². The van der Waals surface area contributed by atoms with Crippen LogP contribution in [0.4, 0.5) is 10.1 Å². The van der Waals surface area contributed by atoms with E-state index in [-0.39, 0.29) is 30.6 Å². The molecule has 4 nitrogen and oxygen atoms in total. The zero-order valence-electron chi connectivity index (χ0n) is 13.6. The van der Waals surface area contributed by atoms with Crippen molar-refractivity contribution < 1.29 is 14.0 Å². The molecule has 1 aliphatic heterocycles. The van der Waals surface area contributed by atoms with Gasteiger partial charge in [0, 0.05) is 18.0 Å². The largest absolute Gasteiger partial charge is 0.324 e. The fourth-order valence-corrected chi connectivity index (χ4v) is 2.98. The maximum Gasteiger partial charge on any atom is 0.232 e. The van der Waals surface area contributed by atoms with Crippen molar-refractivity contribution in [3.63, 3.8) is 0 Å². The summed E-state index contributed by atoms with van der Waals surface area (Å²) in [5.41, 5.74) is 0.963. The number of benzene rings is 2. The Kier molecular flexibility index (Phi) is 5.34. The number of nitrogens with zero attached hydrogens (tertiary/aromatic N) is 2. The SMILES string of the molecule is O=C1CCCN1CN(C(=O)Cc1ccc(Cl)cc1)c1ccccc1F. The minimum atomic E-state index is -0.487. The van der Waals surface area contributed by atoms with Crippen molar-refractivity contribution in [3.05, 3.63) is 64.9 Å². The van der Waals surface area contributed by atoms with E-state index in [4.69, 9.17) is 11.6 Å². The number of hydrogen-bond acceptors (Lipinski definition) is 2. The zero-order valence-corrected chi connectivity index (χ0v) is 14.4. The van der Waals surface area contributed by atoms with Gasteiger partial charge in [0.05, 0.1) is 12.1 Å². The van der Waals surface area contributed by atoms with Crippen LogP contribution >= 0.6 is 11.6 Å². The van der Waals surface area contributed by atoms with Crippen molar-refractivity contribution >= 4 is 29.1 Å². The van der Waals surface area contributed by atoms with Crippen LogP contribution in [0.2, 0.25) is 5.02 Å². The molecule has 0 unspecified atom stereocenters. The molecule has 2 aromatic rings. The molecule has 130 valence electrons. The zero-order chi connectivity index (χ0) is 17.8. The average molecular weight is 361 g/mol. The molecule has 0 saturated carbocycles. The Hall–Kier alpha value is -2.40. The van der Waals surface area contributed by atoms with E-state index in [0.717, 1.165) is 12.0 Å². The third kappa shape index (κ3) is 4.17. The van der Waals surface area contributed by atoms with Crippen molar-refractivity contribution in [3.8, 4) is 0 Å². The normalized spacial score (nSPS) is 14.0. The van der Waals surface area contributed by atoms with E-state index in [1.807, 2.05) is 0 Å². The Morgan fingerprint density at radius 2 is 1.88 bits per heavy atom. The molecule has 1 aliphatic rings. The van der Waals surface area contributed by atoms with E-state index in [1.54, 1.807) is 47.4 Å². The van der Waals surface area contributed by atoms with Gasteiger partial charge in [-0.3, -0.25) is 14.5 Å². The van der Waals surface area contributed by atoms with Crippen LogP contribution in [0, 0.1) is 5.82 Å². The first kappa shape index (κ1) is 17.4. The second-order valence-corrected chi connectivity index (χ2v) is 6.42. The topological polar surface area (TPSA) is 40.6 Å². The number of anilines is 1. The summed E-state index contributed by atoms with van der Waals surface area (Å²) in [6.07, 6.45) is 1.33. The van der Waals surface area contributed by atoms with E-state index in [0.29, 0.717) is 18.0 Å². The Morgan fingerprint density at radius 3 is 2.52 bits per heavy atom. The van der Waals surface area contributed by atoms with Gasteiger partial charge in [-0.1, -0.05) is 35.9 Å². The fraction of sp³-hybridized carbons (Fsp3) is 0.263. The highest BCUT2D eigenvalue weighted by molar-refractivity contribution is 6.30. The minimum absolute atomic E-state index is 0.0133. The van der Waals surface area contributed by atoms with Gasteiger partial charge < -0.3 is 4.90 Å². The molecule has 1 saturated heterocycles. The summed E-state index contributed by atoms with van der Waals surface area (Å²) in [6, 6.07) is 13.1. The molecule has 1 heterocycles. The lowest BCUT2D eigenvalue weighted by Crippen LogP contribution is -2.43. The number of carbonyl (C=O) groups excluding carboxylic acids is 2. The molecule has 0 atom stereocenters. The first-order valence-corrected chi connectivity index (χ1v) is 8.49. The summed E-state index contributed by atoms with van der Waals surface area (Å²) < 4.78 is 14.2. The molecule has 2 aromatic carbocycles. The van der Waals surface area contributed by atoms with E-state index in [2.05, 4.69) is 0 Å². The molecule has 6 heteroatoms. The summed E-state index contributed by atoms with van der Waals surface area (Å²) in [5.74, 6) is -0.772. The molecule has 2 amide bonds. The second kappa shape index (κ2) is 7.66. The number of likely N-dealkylation sites (tertiary alicyclic amines) is 1. The first-order valence-electron chi connectivity index (χ1n) is 8.12.